The number of allylic oxidation sites excluding steroid dienone is 7. The lowest BCUT2D eigenvalue weighted by Gasteiger charge is -2.38. The summed E-state index contributed by atoms with van der Waals surface area (Å²) >= 11 is 0. The minimum absolute atomic E-state index is 0.0934. The molecule has 0 amide bonds. The van der Waals surface area contributed by atoms with Crippen molar-refractivity contribution >= 4 is 5.71 Å². The van der Waals surface area contributed by atoms with E-state index in [9.17, 15) is 0 Å². The van der Waals surface area contributed by atoms with Crippen LogP contribution in [0, 0.1) is 0 Å². The Morgan fingerprint density at radius 2 is 2.11 bits per heavy atom. The van der Waals surface area contributed by atoms with E-state index >= 15 is 0 Å². The van der Waals surface area contributed by atoms with Crippen molar-refractivity contribution in [3.8, 4) is 0 Å². The van der Waals surface area contributed by atoms with Crippen molar-refractivity contribution in [1.82, 2.24) is 15.3 Å². The highest BCUT2D eigenvalue weighted by atomic mass is 16.5. The van der Waals surface area contributed by atoms with E-state index in [0.29, 0.717) is 0 Å². The lowest BCUT2D eigenvalue weighted by molar-refractivity contribution is 0.0366. The Bertz CT molecular complexity index is 733. The van der Waals surface area contributed by atoms with Gasteiger partial charge in [-0.05, 0) is 38.0 Å². The van der Waals surface area contributed by atoms with Crippen LogP contribution < -0.4 is 5.43 Å². The molecule has 0 aromatic heterocycles. The van der Waals surface area contributed by atoms with Crippen LogP contribution in [0.4, 0.5) is 0 Å². The molecule has 27 heavy (non-hydrogen) atoms. The molecule has 0 saturated carbocycles. The molecule has 0 aliphatic carbocycles. The zero-order valence-corrected chi connectivity index (χ0v) is 16.6. The summed E-state index contributed by atoms with van der Waals surface area (Å²) in [6.45, 7) is 9.52. The van der Waals surface area contributed by atoms with Crippen LogP contribution in [0.25, 0.3) is 0 Å². The molecule has 1 saturated heterocycles. The Kier molecular flexibility index (Phi) is 6.85. The lowest BCUT2D eigenvalue weighted by Crippen LogP contribution is -2.47. The van der Waals surface area contributed by atoms with Crippen LogP contribution in [-0.4, -0.2) is 48.0 Å². The third kappa shape index (κ3) is 4.67. The number of aliphatic imine (C=N–C) groups is 1. The van der Waals surface area contributed by atoms with E-state index in [1.54, 1.807) is 0 Å². The molecule has 5 nitrogen and oxygen atoms in total. The molecule has 5 heteroatoms. The van der Waals surface area contributed by atoms with Crippen LogP contribution in [0.3, 0.4) is 0 Å². The van der Waals surface area contributed by atoms with Gasteiger partial charge in [-0.15, -0.1) is 0 Å². The summed E-state index contributed by atoms with van der Waals surface area (Å²) < 4.78 is 5.53. The van der Waals surface area contributed by atoms with Crippen molar-refractivity contribution in [2.45, 2.75) is 33.2 Å². The predicted molar refractivity (Wildman–Crippen MR) is 112 cm³/mol. The molecule has 3 heterocycles. The van der Waals surface area contributed by atoms with Crippen LogP contribution >= 0.6 is 0 Å². The summed E-state index contributed by atoms with van der Waals surface area (Å²) in [5.41, 5.74) is 5.81. The van der Waals surface area contributed by atoms with Crippen LogP contribution in [0.15, 0.2) is 76.9 Å². The first-order valence-electron chi connectivity index (χ1n) is 9.80. The molecular formula is C22H30N4O. The van der Waals surface area contributed by atoms with Crippen LogP contribution in [0.5, 0.6) is 0 Å². The van der Waals surface area contributed by atoms with Gasteiger partial charge in [0.2, 0.25) is 0 Å². The first-order valence-corrected chi connectivity index (χ1v) is 9.80. The number of fused-ring (bicyclic) bond motifs is 1. The summed E-state index contributed by atoms with van der Waals surface area (Å²) in [5.74, 6) is 2.09. The molecule has 1 N–H and O–H groups in total. The topological polar surface area (TPSA) is 40.1 Å². The van der Waals surface area contributed by atoms with Gasteiger partial charge in [0.1, 0.15) is 11.6 Å². The Hall–Kier alpha value is -2.37. The van der Waals surface area contributed by atoms with Crippen molar-refractivity contribution in [2.75, 3.05) is 26.3 Å². The third-order valence-electron chi connectivity index (χ3n) is 4.61. The maximum absolute atomic E-state index is 5.53. The Labute approximate surface area is 162 Å². The highest BCUT2D eigenvalue weighted by Gasteiger charge is 2.32. The molecule has 0 aromatic rings. The number of rotatable bonds is 6. The SMILES string of the molecule is C/C=C\C1=NC2=CC(C(/C=C\C)=C/C=C/CC)NN2C(N2CCOCC2)=C1. The summed E-state index contributed by atoms with van der Waals surface area (Å²) in [6.07, 6.45) is 20.2. The Balaban J connectivity index is 1.90. The number of hydrogen-bond donors (Lipinski definition) is 1. The van der Waals surface area contributed by atoms with E-state index in [1.807, 2.05) is 19.9 Å². The fourth-order valence-corrected chi connectivity index (χ4v) is 3.32. The van der Waals surface area contributed by atoms with Gasteiger partial charge >= 0.3 is 0 Å². The monoisotopic (exact) mass is 366 g/mol. The molecule has 0 spiro atoms. The molecule has 1 atom stereocenters. The normalized spacial score (nSPS) is 24.0. The van der Waals surface area contributed by atoms with Gasteiger partial charge < -0.3 is 9.64 Å². The smallest absolute Gasteiger partial charge is 0.147 e. The molecule has 144 valence electrons. The van der Waals surface area contributed by atoms with Gasteiger partial charge in [-0.3, -0.25) is 0 Å². The second-order valence-electron chi connectivity index (χ2n) is 6.61. The quantitative estimate of drug-likeness (QED) is 0.728. The van der Waals surface area contributed by atoms with Gasteiger partial charge in [0.15, 0.2) is 0 Å². The third-order valence-corrected chi connectivity index (χ3v) is 4.61. The number of nitrogens with one attached hydrogen (secondary N) is 1. The maximum Gasteiger partial charge on any atom is 0.147 e. The van der Waals surface area contributed by atoms with Gasteiger partial charge in [0.25, 0.3) is 0 Å². The second kappa shape index (κ2) is 9.53. The van der Waals surface area contributed by atoms with Crippen molar-refractivity contribution in [1.29, 1.82) is 0 Å². The first-order chi connectivity index (χ1) is 13.3. The molecule has 0 bridgehead atoms. The van der Waals surface area contributed by atoms with E-state index < -0.39 is 0 Å². The van der Waals surface area contributed by atoms with Gasteiger partial charge in [-0.2, -0.15) is 0 Å². The fraction of sp³-hybridized carbons (Fsp3) is 0.409. The van der Waals surface area contributed by atoms with E-state index in [2.05, 4.69) is 70.9 Å². The predicted octanol–water partition coefficient (Wildman–Crippen LogP) is 3.69. The average Bonchev–Trinajstić information content (AvgIpc) is 3.12. The van der Waals surface area contributed by atoms with Crippen LogP contribution in [0.1, 0.15) is 27.2 Å². The fourth-order valence-electron chi connectivity index (χ4n) is 3.32. The average molecular weight is 367 g/mol. The van der Waals surface area contributed by atoms with Gasteiger partial charge in [0.05, 0.1) is 25.0 Å². The molecule has 0 aromatic carbocycles. The Morgan fingerprint density at radius 1 is 1.30 bits per heavy atom. The first kappa shape index (κ1) is 19.4. The van der Waals surface area contributed by atoms with Gasteiger partial charge in [-0.25, -0.2) is 15.4 Å². The highest BCUT2D eigenvalue weighted by Crippen LogP contribution is 2.29. The summed E-state index contributed by atoms with van der Waals surface area (Å²) in [4.78, 5) is 7.18. The van der Waals surface area contributed by atoms with Crippen LogP contribution in [-0.2, 0) is 4.74 Å². The van der Waals surface area contributed by atoms with Crippen molar-refractivity contribution in [3.63, 3.8) is 0 Å². The number of nitrogens with zero attached hydrogens (tertiary/aromatic N) is 3. The zero-order valence-electron chi connectivity index (χ0n) is 16.6. The largest absolute Gasteiger partial charge is 0.378 e. The van der Waals surface area contributed by atoms with Crippen molar-refractivity contribution in [3.05, 3.63) is 71.9 Å². The van der Waals surface area contributed by atoms with E-state index in [1.165, 1.54) is 5.57 Å². The number of morpholine rings is 1. The van der Waals surface area contributed by atoms with Crippen molar-refractivity contribution in [2.24, 2.45) is 4.99 Å². The van der Waals surface area contributed by atoms with Crippen molar-refractivity contribution < 1.29 is 4.74 Å². The standard InChI is InChI=1S/C22H30N4O/c1-4-7-8-11-18(9-5-2)20-17-21-23-19(10-6-3)16-22(26(21)24-20)25-12-14-27-15-13-25/h5-11,16-17,20,24H,4,12-15H2,1-3H3/b8-7+,9-5-,10-6-,18-11+. The molecule has 1 unspecified atom stereocenters. The van der Waals surface area contributed by atoms with Crippen LogP contribution in [0.2, 0.25) is 0 Å². The van der Waals surface area contributed by atoms with Gasteiger partial charge in [-0.1, -0.05) is 43.4 Å². The number of ether oxygens (including phenoxy) is 1. The minimum atomic E-state index is 0.0934. The molecule has 1 fully saturated rings. The van der Waals surface area contributed by atoms with E-state index in [-0.39, 0.29) is 6.04 Å². The number of hydrogen-bond acceptors (Lipinski definition) is 5. The molecule has 3 aliphatic rings. The molecular weight excluding hydrogens is 336 g/mol. The maximum atomic E-state index is 5.53. The summed E-state index contributed by atoms with van der Waals surface area (Å²) in [5, 5.41) is 2.11. The second-order valence-corrected chi connectivity index (χ2v) is 6.61. The zero-order chi connectivity index (χ0) is 19.1. The molecule has 3 aliphatic heterocycles. The van der Waals surface area contributed by atoms with E-state index in [0.717, 1.165) is 50.1 Å². The van der Waals surface area contributed by atoms with E-state index in [4.69, 9.17) is 9.73 Å². The lowest BCUT2D eigenvalue weighted by atomic mass is 10.1. The molecule has 0 radical (unpaired) electrons. The molecule has 3 rings (SSSR count). The minimum Gasteiger partial charge on any atom is -0.378 e. The summed E-state index contributed by atoms with van der Waals surface area (Å²) in [6, 6.07) is 0.0934. The Morgan fingerprint density at radius 3 is 2.81 bits per heavy atom. The van der Waals surface area contributed by atoms with Gasteiger partial charge in [0, 0.05) is 19.2 Å². The number of hydrazine groups is 1. The summed E-state index contributed by atoms with van der Waals surface area (Å²) in [7, 11) is 0. The highest BCUT2D eigenvalue weighted by molar-refractivity contribution is 6.05.